The molecule has 17 nitrogen and oxygen atoms in total. The van der Waals surface area contributed by atoms with Gasteiger partial charge in [-0.3, -0.25) is 53.0 Å². The lowest BCUT2D eigenvalue weighted by molar-refractivity contribution is -0.140. The fraction of sp³-hybridized carbons (Fsp3) is 0.690. The summed E-state index contributed by atoms with van der Waals surface area (Å²) in [6, 6.07) is -0.874. The Bertz CT molecular complexity index is 1160. The number of thioether (sulfide) groups is 1. The van der Waals surface area contributed by atoms with E-state index < -0.39 is 57.9 Å². The molecule has 3 atom stereocenters. The van der Waals surface area contributed by atoms with Crippen LogP contribution in [0, 0.1) is 0 Å². The van der Waals surface area contributed by atoms with Crippen LogP contribution in [0.2, 0.25) is 0 Å². The third kappa shape index (κ3) is 14.7. The van der Waals surface area contributed by atoms with Crippen LogP contribution in [0.25, 0.3) is 0 Å². The van der Waals surface area contributed by atoms with E-state index in [0.29, 0.717) is 6.61 Å². The van der Waals surface area contributed by atoms with Gasteiger partial charge in [-0.05, 0) is 13.2 Å². The third-order valence-electron chi connectivity index (χ3n) is 7.37. The van der Waals surface area contributed by atoms with Gasteiger partial charge in [-0.15, -0.1) is 0 Å². The highest BCUT2D eigenvalue weighted by Gasteiger charge is 2.40. The fourth-order valence-electron chi connectivity index (χ4n) is 4.82. The summed E-state index contributed by atoms with van der Waals surface area (Å²) in [5.74, 6) is -4.17. The monoisotopic (exact) mass is 733 g/mol. The lowest BCUT2D eigenvalue weighted by atomic mass is 10.1. The average Bonchev–Trinajstić information content (AvgIpc) is 3.50. The summed E-state index contributed by atoms with van der Waals surface area (Å²) >= 11 is 1.08. The minimum absolute atomic E-state index is 0.0140. The van der Waals surface area contributed by atoms with Gasteiger partial charge in [0.15, 0.2) is 0 Å². The van der Waals surface area contributed by atoms with Crippen LogP contribution in [0.15, 0.2) is 0 Å². The molecule has 274 valence electrons. The Labute approximate surface area is 291 Å². The predicted octanol–water partition coefficient (Wildman–Crippen LogP) is -1.84. The number of imide groups is 2. The van der Waals surface area contributed by atoms with E-state index in [1.165, 1.54) is 11.8 Å². The lowest BCUT2D eigenvalue weighted by Crippen LogP contribution is -2.44. The highest BCUT2D eigenvalue weighted by Crippen LogP contribution is 2.25. The predicted molar refractivity (Wildman–Crippen MR) is 176 cm³/mol. The van der Waals surface area contributed by atoms with Crippen LogP contribution in [0.5, 0.6) is 0 Å². The molecule has 0 bridgehead atoms. The van der Waals surface area contributed by atoms with Gasteiger partial charge in [-0.2, -0.15) is 15.6 Å². The molecule has 2 aliphatic rings. The van der Waals surface area contributed by atoms with Crippen LogP contribution < -0.4 is 26.6 Å². The van der Waals surface area contributed by atoms with Gasteiger partial charge in [0, 0.05) is 90.4 Å². The second-order valence-corrected chi connectivity index (χ2v) is 12.8. The van der Waals surface area contributed by atoms with Crippen LogP contribution in [-0.2, 0) is 47.9 Å². The summed E-state index contributed by atoms with van der Waals surface area (Å²) in [7, 11) is 0. The number of nitrogens with one attached hydrogen (secondary N) is 5. The van der Waals surface area contributed by atoms with Crippen molar-refractivity contribution in [2.75, 3.05) is 58.7 Å². The molecule has 0 aromatic rings. The van der Waals surface area contributed by atoms with Crippen LogP contribution >= 0.6 is 23.9 Å². The topological polar surface area (TPSA) is 229 Å². The van der Waals surface area contributed by atoms with E-state index in [-0.39, 0.29) is 115 Å². The van der Waals surface area contributed by atoms with E-state index in [9.17, 15) is 47.0 Å². The molecular formula is C29H44FN7O10S2. The Balaban J connectivity index is 1.71. The average molecular weight is 734 g/mol. The van der Waals surface area contributed by atoms with E-state index in [0.717, 1.165) is 9.80 Å². The Morgan fingerprint density at radius 2 is 1.18 bits per heavy atom. The number of amides is 9. The van der Waals surface area contributed by atoms with E-state index in [1.54, 1.807) is 13.2 Å². The zero-order valence-electron chi connectivity index (χ0n) is 27.5. The van der Waals surface area contributed by atoms with E-state index >= 15 is 0 Å². The quantitative estimate of drug-likeness (QED) is 0.0577. The van der Waals surface area contributed by atoms with Crippen molar-refractivity contribution < 1.29 is 51.8 Å². The highest BCUT2D eigenvalue weighted by molar-refractivity contribution is 8.00. The Morgan fingerprint density at radius 1 is 0.735 bits per heavy atom. The molecule has 2 rings (SSSR count). The minimum Gasteiger partial charge on any atom is -0.381 e. The summed E-state index contributed by atoms with van der Waals surface area (Å²) in [6.07, 6.45) is 0.839. The number of likely N-dealkylation sites (tertiary alicyclic amines) is 2. The molecule has 2 aliphatic heterocycles. The standard InChI is InChI=1S/C29H44FN7O10S2/c1-3-47-13-6-23(40)35-18(14-24(41)33-9-7-31-21(38)4-11-36-26(43)16-19(48-2)28(36)45)15-25(42)34-10-8-32-22(39)5-12-37-27(44)17-20(49-30)29(37)46/h18-20H,3-17H2,1-2H3,(H,31,38)(H,32,39)(H,33,41)(H,34,42)(H,35,40). The number of carbonyl (C=O) groups excluding carboxylic acids is 9. The second-order valence-electron chi connectivity index (χ2n) is 11.0. The SMILES string of the molecule is CCOCCC(=O)NC(CC(=O)NCCNC(=O)CCN1C(=O)CC(SC)C1=O)CC(=O)NCCNC(=O)CCN1C(=O)CC(SF)C1=O. The smallest absolute Gasteiger partial charge is 0.245 e. The van der Waals surface area contributed by atoms with Crippen LogP contribution in [0.4, 0.5) is 3.89 Å². The number of nitrogens with zero attached hydrogens (tertiary/aromatic N) is 2. The van der Waals surface area contributed by atoms with Gasteiger partial charge in [-0.1, -0.05) is 0 Å². The number of halogens is 1. The number of ether oxygens (including phenoxy) is 1. The summed E-state index contributed by atoms with van der Waals surface area (Å²) < 4.78 is 17.9. The van der Waals surface area contributed by atoms with E-state index in [2.05, 4.69) is 26.6 Å². The maximum Gasteiger partial charge on any atom is 0.245 e. The molecule has 49 heavy (non-hydrogen) atoms. The van der Waals surface area contributed by atoms with Gasteiger partial charge in [-0.25, -0.2) is 0 Å². The largest absolute Gasteiger partial charge is 0.381 e. The van der Waals surface area contributed by atoms with Crippen molar-refractivity contribution in [2.24, 2.45) is 0 Å². The maximum atomic E-state index is 12.7. The normalized spacial score (nSPS) is 18.0. The molecule has 2 heterocycles. The molecule has 3 unspecified atom stereocenters. The minimum atomic E-state index is -1.09. The molecule has 0 aromatic carbocycles. The summed E-state index contributed by atoms with van der Waals surface area (Å²) in [4.78, 5) is 112. The molecule has 9 amide bonds. The van der Waals surface area contributed by atoms with Crippen LogP contribution in [-0.4, -0.2) is 138 Å². The Hall–Kier alpha value is -3.78. The van der Waals surface area contributed by atoms with Crippen molar-refractivity contribution in [1.82, 2.24) is 36.4 Å². The molecule has 20 heteroatoms. The molecule has 5 N–H and O–H groups in total. The van der Waals surface area contributed by atoms with Gasteiger partial charge >= 0.3 is 0 Å². The zero-order chi connectivity index (χ0) is 36.3. The molecule has 2 saturated heterocycles. The highest BCUT2D eigenvalue weighted by atomic mass is 32.2. The van der Waals surface area contributed by atoms with Gasteiger partial charge in [0.25, 0.3) is 0 Å². The zero-order valence-corrected chi connectivity index (χ0v) is 29.1. The molecule has 0 aromatic heterocycles. The first-order valence-corrected chi connectivity index (χ1v) is 17.9. The molecule has 0 radical (unpaired) electrons. The van der Waals surface area contributed by atoms with Crippen molar-refractivity contribution in [3.8, 4) is 0 Å². The van der Waals surface area contributed by atoms with E-state index in [1.807, 2.05) is 0 Å². The molecule has 2 fully saturated rings. The van der Waals surface area contributed by atoms with Crippen molar-refractivity contribution in [1.29, 1.82) is 0 Å². The van der Waals surface area contributed by atoms with Crippen LogP contribution in [0.1, 0.15) is 51.9 Å². The Kier molecular flexibility index (Phi) is 18.6. The molecule has 0 saturated carbocycles. The fourth-order valence-corrected chi connectivity index (χ4v) is 5.86. The van der Waals surface area contributed by atoms with Crippen molar-refractivity contribution >= 4 is 77.1 Å². The number of hydrogen-bond donors (Lipinski definition) is 5. The molecule has 0 spiro atoms. The third-order valence-corrected chi connectivity index (χ3v) is 8.89. The first kappa shape index (κ1) is 41.4. The second kappa shape index (κ2) is 22.0. The number of carbonyl (C=O) groups is 9. The number of rotatable bonds is 23. The molecule has 0 aliphatic carbocycles. The van der Waals surface area contributed by atoms with E-state index in [4.69, 9.17) is 4.74 Å². The number of hydrogen-bond acceptors (Lipinski definition) is 12. The molecular weight excluding hydrogens is 689 g/mol. The van der Waals surface area contributed by atoms with Gasteiger partial charge in [0.05, 0.1) is 30.4 Å². The van der Waals surface area contributed by atoms with Crippen molar-refractivity contribution in [3.05, 3.63) is 0 Å². The van der Waals surface area contributed by atoms with Gasteiger partial charge < -0.3 is 31.3 Å². The van der Waals surface area contributed by atoms with Gasteiger partial charge in [0.2, 0.25) is 53.2 Å². The summed E-state index contributed by atoms with van der Waals surface area (Å²) in [5.41, 5.74) is 0. The van der Waals surface area contributed by atoms with Crippen molar-refractivity contribution in [3.63, 3.8) is 0 Å². The van der Waals surface area contributed by atoms with Crippen molar-refractivity contribution in [2.45, 2.75) is 68.4 Å². The first-order chi connectivity index (χ1) is 23.4. The van der Waals surface area contributed by atoms with Gasteiger partial charge in [0.1, 0.15) is 5.25 Å². The maximum absolute atomic E-state index is 12.7. The summed E-state index contributed by atoms with van der Waals surface area (Å²) in [6.45, 7) is 2.28. The first-order valence-electron chi connectivity index (χ1n) is 15.8. The van der Waals surface area contributed by atoms with Crippen LogP contribution in [0.3, 0.4) is 0 Å². The lowest BCUT2D eigenvalue weighted by Gasteiger charge is -2.19. The summed E-state index contributed by atoms with van der Waals surface area (Å²) in [5, 5.41) is 11.4. The Morgan fingerprint density at radius 3 is 1.59 bits per heavy atom.